The molecule has 7 atom stereocenters. The van der Waals surface area contributed by atoms with Crippen LogP contribution in [0.25, 0.3) is 0 Å². The summed E-state index contributed by atoms with van der Waals surface area (Å²) < 4.78 is 11.4. The zero-order chi connectivity index (χ0) is 60.7. The largest absolute Gasteiger partial charge is 0.394 e. The van der Waals surface area contributed by atoms with Gasteiger partial charge < -0.3 is 40.3 Å². The molecular weight excluding hydrogens is 1040 g/mol. The van der Waals surface area contributed by atoms with E-state index in [1.165, 1.54) is 276 Å². The minimum absolute atomic E-state index is 0.135. The zero-order valence-corrected chi connectivity index (χ0v) is 55.4. The molecule has 1 amide bonds. The molecule has 9 nitrogen and oxygen atoms in total. The molecule has 1 saturated heterocycles. The van der Waals surface area contributed by atoms with Gasteiger partial charge in [-0.3, -0.25) is 4.79 Å². The first kappa shape index (κ1) is 80.2. The number of ether oxygens (including phenoxy) is 2. The van der Waals surface area contributed by atoms with Crippen LogP contribution >= 0.6 is 0 Å². The molecule has 0 spiro atoms. The summed E-state index contributed by atoms with van der Waals surface area (Å²) in [5, 5.41) is 55.0. The third-order valence-electron chi connectivity index (χ3n) is 17.7. The first-order valence-electron chi connectivity index (χ1n) is 36.8. The third kappa shape index (κ3) is 52.1. The van der Waals surface area contributed by atoms with Crippen molar-refractivity contribution in [1.82, 2.24) is 5.32 Å². The van der Waals surface area contributed by atoms with Crippen molar-refractivity contribution in [2.45, 2.75) is 410 Å². The Morgan fingerprint density at radius 3 is 1.10 bits per heavy atom. The molecule has 0 radical (unpaired) electrons. The van der Waals surface area contributed by atoms with Crippen LogP contribution in [0.5, 0.6) is 0 Å². The summed E-state index contributed by atoms with van der Waals surface area (Å²) in [6, 6.07) is -0.721. The van der Waals surface area contributed by atoms with Crippen molar-refractivity contribution in [3.8, 4) is 0 Å². The predicted octanol–water partition coefficient (Wildman–Crippen LogP) is 20.4. The molecule has 0 aliphatic carbocycles. The topological polar surface area (TPSA) is 149 Å². The van der Waals surface area contributed by atoms with Crippen molar-refractivity contribution >= 4 is 5.91 Å². The maximum absolute atomic E-state index is 13.2. The van der Waals surface area contributed by atoms with E-state index in [9.17, 15) is 30.3 Å². The fraction of sp³-hybridized carbons (Fsp3) is 0.880. The lowest BCUT2D eigenvalue weighted by Gasteiger charge is -2.40. The molecule has 9 heteroatoms. The highest BCUT2D eigenvalue weighted by molar-refractivity contribution is 5.76. The molecule has 494 valence electrons. The number of carbonyl (C=O) groups excluding carboxylic acids is 1. The summed E-state index contributed by atoms with van der Waals surface area (Å²) in [6.45, 7) is 3.78. The number of carbonyl (C=O) groups is 1. The van der Waals surface area contributed by atoms with Crippen molar-refractivity contribution in [2.24, 2.45) is 0 Å². The van der Waals surface area contributed by atoms with E-state index >= 15 is 0 Å². The molecule has 0 aromatic carbocycles. The molecule has 7 unspecified atom stereocenters. The second-order valence-electron chi connectivity index (χ2n) is 25.7. The van der Waals surface area contributed by atoms with Crippen LogP contribution in [0.1, 0.15) is 367 Å². The fourth-order valence-corrected chi connectivity index (χ4v) is 12.0. The van der Waals surface area contributed by atoms with Gasteiger partial charge in [0.05, 0.1) is 25.4 Å². The van der Waals surface area contributed by atoms with E-state index in [2.05, 4.69) is 67.8 Å². The first-order chi connectivity index (χ1) is 41.3. The van der Waals surface area contributed by atoms with E-state index in [1.54, 1.807) is 0 Å². The Labute approximate surface area is 520 Å². The van der Waals surface area contributed by atoms with Crippen molar-refractivity contribution in [3.63, 3.8) is 0 Å². The minimum Gasteiger partial charge on any atom is -0.394 e. The second kappa shape index (κ2) is 64.1. The Balaban J connectivity index is 2.08. The van der Waals surface area contributed by atoms with Crippen molar-refractivity contribution in [2.75, 3.05) is 13.2 Å². The molecule has 0 aromatic rings. The molecule has 1 heterocycles. The van der Waals surface area contributed by atoms with Gasteiger partial charge in [-0.25, -0.2) is 0 Å². The number of allylic oxidation sites excluding steroid dienone is 8. The lowest BCUT2D eigenvalue weighted by Crippen LogP contribution is -2.60. The van der Waals surface area contributed by atoms with Crippen LogP contribution in [0.15, 0.2) is 48.6 Å². The van der Waals surface area contributed by atoms with Crippen molar-refractivity contribution in [3.05, 3.63) is 48.6 Å². The Morgan fingerprint density at radius 2 is 0.738 bits per heavy atom. The lowest BCUT2D eigenvalue weighted by atomic mass is 9.99. The lowest BCUT2D eigenvalue weighted by molar-refractivity contribution is -0.302. The molecule has 1 aliphatic heterocycles. The minimum atomic E-state index is -1.55. The molecule has 84 heavy (non-hydrogen) atoms. The standard InChI is InChI=1S/C75H141NO8/c1-3-5-7-9-11-13-15-17-19-21-23-25-27-29-31-33-35-37-39-41-43-45-47-49-51-53-55-57-59-61-63-65-71(79)76-68(67-83-75-74(82)73(81)72(80)70(66-77)84-75)69(78)64-62-60-58-56-54-52-50-48-46-44-42-40-38-36-34-32-30-28-26-24-22-20-18-16-14-12-10-8-6-4-2/h5,7,11,13,17,19,23,25,68-70,72-75,77-78,80-82H,3-4,6,8-10,12,14-16,18,20-22,24,26-67H2,1-2H3,(H,76,79)/b7-5-,13-11-,19-17-,25-23-. The van der Waals surface area contributed by atoms with Crippen LogP contribution in [0.4, 0.5) is 0 Å². The highest BCUT2D eigenvalue weighted by atomic mass is 16.7. The van der Waals surface area contributed by atoms with Crippen LogP contribution in [0.2, 0.25) is 0 Å². The summed E-state index contributed by atoms with van der Waals surface area (Å²) in [7, 11) is 0. The Bertz CT molecular complexity index is 1470. The molecule has 1 rings (SSSR count). The van der Waals surface area contributed by atoms with Gasteiger partial charge in [-0.15, -0.1) is 0 Å². The van der Waals surface area contributed by atoms with E-state index in [1.807, 2.05) is 0 Å². The number of hydrogen-bond acceptors (Lipinski definition) is 8. The highest BCUT2D eigenvalue weighted by Crippen LogP contribution is 2.24. The summed E-state index contributed by atoms with van der Waals surface area (Å²) in [4.78, 5) is 13.2. The van der Waals surface area contributed by atoms with Crippen LogP contribution < -0.4 is 5.32 Å². The molecule has 0 bridgehead atoms. The number of hydrogen-bond donors (Lipinski definition) is 6. The van der Waals surface area contributed by atoms with Gasteiger partial charge in [0.1, 0.15) is 24.4 Å². The SMILES string of the molecule is CC/C=C\C/C=C\C/C=C\C/C=C\CCCCCCCCCCCCCCCCCCCCC(=O)NC(COC1OC(CO)C(O)C(O)C1O)C(O)CCCCCCCCCCCCCCCCCCCCCCCCCCCCCCCC. The summed E-state index contributed by atoms with van der Waals surface area (Å²) in [5.74, 6) is -0.138. The van der Waals surface area contributed by atoms with Crippen LogP contribution in [-0.4, -0.2) is 87.5 Å². The molecule has 6 N–H and O–H groups in total. The smallest absolute Gasteiger partial charge is 0.220 e. The van der Waals surface area contributed by atoms with E-state index < -0.39 is 49.5 Å². The summed E-state index contributed by atoms with van der Waals surface area (Å²) >= 11 is 0. The van der Waals surface area contributed by atoms with Gasteiger partial charge in [-0.2, -0.15) is 0 Å². The number of aliphatic hydroxyl groups is 5. The molecule has 0 saturated carbocycles. The number of amides is 1. The Morgan fingerprint density at radius 1 is 0.417 bits per heavy atom. The second-order valence-corrected chi connectivity index (χ2v) is 25.7. The van der Waals surface area contributed by atoms with Gasteiger partial charge in [0.15, 0.2) is 6.29 Å². The zero-order valence-electron chi connectivity index (χ0n) is 55.4. The van der Waals surface area contributed by atoms with Crippen LogP contribution in [0, 0.1) is 0 Å². The van der Waals surface area contributed by atoms with E-state index in [-0.39, 0.29) is 12.5 Å². The fourth-order valence-electron chi connectivity index (χ4n) is 12.0. The van der Waals surface area contributed by atoms with Gasteiger partial charge in [0, 0.05) is 6.42 Å². The van der Waals surface area contributed by atoms with Gasteiger partial charge in [-0.05, 0) is 51.4 Å². The van der Waals surface area contributed by atoms with Gasteiger partial charge in [0.25, 0.3) is 0 Å². The van der Waals surface area contributed by atoms with Crippen LogP contribution in [0.3, 0.4) is 0 Å². The number of aliphatic hydroxyl groups excluding tert-OH is 5. The normalized spacial score (nSPS) is 18.4. The quantitative estimate of drug-likeness (QED) is 0.0261. The average molecular weight is 1180 g/mol. The van der Waals surface area contributed by atoms with Gasteiger partial charge >= 0.3 is 0 Å². The average Bonchev–Trinajstić information content (AvgIpc) is 3.70. The number of nitrogens with one attached hydrogen (secondary N) is 1. The monoisotopic (exact) mass is 1180 g/mol. The summed E-state index contributed by atoms with van der Waals surface area (Å²) in [5.41, 5.74) is 0. The van der Waals surface area contributed by atoms with Crippen molar-refractivity contribution < 1.29 is 39.8 Å². The van der Waals surface area contributed by atoms with Crippen molar-refractivity contribution in [1.29, 1.82) is 0 Å². The van der Waals surface area contributed by atoms with Gasteiger partial charge in [0.2, 0.25) is 5.91 Å². The molecular formula is C75H141NO8. The molecule has 1 fully saturated rings. The summed E-state index contributed by atoms with van der Waals surface area (Å²) in [6.07, 6.45) is 80.5. The first-order valence-corrected chi connectivity index (χ1v) is 36.8. The third-order valence-corrected chi connectivity index (χ3v) is 17.7. The molecule has 0 aromatic heterocycles. The number of unbranched alkanes of at least 4 members (excludes halogenated alkanes) is 47. The van der Waals surface area contributed by atoms with E-state index in [0.29, 0.717) is 12.8 Å². The van der Waals surface area contributed by atoms with Gasteiger partial charge in [-0.1, -0.05) is 358 Å². The maximum Gasteiger partial charge on any atom is 0.220 e. The maximum atomic E-state index is 13.2. The molecule has 1 aliphatic rings. The number of rotatable bonds is 65. The van der Waals surface area contributed by atoms with E-state index in [4.69, 9.17) is 9.47 Å². The predicted molar refractivity (Wildman–Crippen MR) is 359 cm³/mol. The Kier molecular flexibility index (Phi) is 61.2. The van der Waals surface area contributed by atoms with Crippen LogP contribution in [-0.2, 0) is 14.3 Å². The Hall–Kier alpha value is -1.85. The highest BCUT2D eigenvalue weighted by Gasteiger charge is 2.44. The van der Waals surface area contributed by atoms with E-state index in [0.717, 1.165) is 64.2 Å².